The standard InChI is InChI=1S/C9H4N4O2Se/c14-13(15)7-4-6-9(12-16-11-6)8-5(7)2-1-3-10-8/h1-4H. The summed E-state index contributed by atoms with van der Waals surface area (Å²) >= 11 is -0.206. The van der Waals surface area contributed by atoms with Crippen LogP contribution >= 0.6 is 0 Å². The summed E-state index contributed by atoms with van der Waals surface area (Å²) in [5.41, 5.74) is 1.87. The molecule has 3 aromatic rings. The number of pyridine rings is 1. The average molecular weight is 279 g/mol. The molecule has 78 valence electrons. The number of non-ortho nitro benzene ring substituents is 1. The van der Waals surface area contributed by atoms with Gasteiger partial charge in [-0.05, 0) is 0 Å². The summed E-state index contributed by atoms with van der Waals surface area (Å²) in [6, 6.07) is 4.83. The SMILES string of the molecule is O=[N+]([O-])c1cc2n[se]nc2c2ncccc12. The van der Waals surface area contributed by atoms with Gasteiger partial charge in [-0.2, -0.15) is 0 Å². The van der Waals surface area contributed by atoms with Crippen molar-refractivity contribution in [1.82, 2.24) is 12.9 Å². The van der Waals surface area contributed by atoms with Crippen molar-refractivity contribution < 1.29 is 4.92 Å². The van der Waals surface area contributed by atoms with Crippen molar-refractivity contribution in [1.29, 1.82) is 0 Å². The van der Waals surface area contributed by atoms with E-state index in [4.69, 9.17) is 0 Å². The normalized spacial score (nSPS) is 11.0. The van der Waals surface area contributed by atoms with Crippen LogP contribution in [0.4, 0.5) is 5.69 Å². The molecule has 3 rings (SSSR count). The molecule has 7 heteroatoms. The summed E-state index contributed by atoms with van der Waals surface area (Å²) in [4.78, 5) is 14.7. The van der Waals surface area contributed by atoms with Gasteiger partial charge >= 0.3 is 95.0 Å². The fourth-order valence-electron chi connectivity index (χ4n) is 1.61. The van der Waals surface area contributed by atoms with Crippen molar-refractivity contribution >= 4 is 42.6 Å². The molecule has 0 saturated carbocycles. The third-order valence-corrected chi connectivity index (χ3v) is 3.43. The molecule has 0 unspecified atom stereocenters. The Labute approximate surface area is 95.3 Å². The summed E-state index contributed by atoms with van der Waals surface area (Å²) in [6.45, 7) is 0. The van der Waals surface area contributed by atoms with E-state index in [1.165, 1.54) is 6.07 Å². The van der Waals surface area contributed by atoms with Gasteiger partial charge < -0.3 is 0 Å². The van der Waals surface area contributed by atoms with E-state index in [1.54, 1.807) is 18.3 Å². The van der Waals surface area contributed by atoms with Crippen molar-refractivity contribution in [2.24, 2.45) is 0 Å². The number of hydrogen-bond donors (Lipinski definition) is 0. The first kappa shape index (κ1) is 9.38. The number of nitro groups is 1. The monoisotopic (exact) mass is 280 g/mol. The zero-order valence-electron chi connectivity index (χ0n) is 7.82. The molecule has 0 aliphatic rings. The number of benzene rings is 1. The van der Waals surface area contributed by atoms with Gasteiger partial charge in [-0.25, -0.2) is 0 Å². The van der Waals surface area contributed by atoms with E-state index in [1.807, 2.05) is 0 Å². The first-order valence-corrected chi connectivity index (χ1v) is 5.95. The second-order valence-corrected chi connectivity index (χ2v) is 4.29. The molecule has 0 amide bonds. The molecule has 0 bridgehead atoms. The summed E-state index contributed by atoms with van der Waals surface area (Å²) in [6.07, 6.45) is 1.60. The molecule has 0 aliphatic carbocycles. The van der Waals surface area contributed by atoms with Crippen LogP contribution in [-0.4, -0.2) is 32.8 Å². The number of nitro benzene ring substituents is 1. The number of nitrogens with zero attached hydrogens (tertiary/aromatic N) is 4. The Balaban J connectivity index is 2.60. The number of fused-ring (bicyclic) bond motifs is 3. The first-order chi connectivity index (χ1) is 7.77. The average Bonchev–Trinajstić information content (AvgIpc) is 2.75. The van der Waals surface area contributed by atoms with Crippen LogP contribution in [0.3, 0.4) is 0 Å². The molecule has 6 nitrogen and oxygen atoms in total. The minimum absolute atomic E-state index is 0.0403. The van der Waals surface area contributed by atoms with Crippen LogP contribution in [0.15, 0.2) is 24.4 Å². The van der Waals surface area contributed by atoms with Gasteiger partial charge in [0, 0.05) is 0 Å². The van der Waals surface area contributed by atoms with Crippen LogP contribution in [0.1, 0.15) is 0 Å². The molecular weight excluding hydrogens is 275 g/mol. The Morgan fingerprint density at radius 2 is 2.19 bits per heavy atom. The molecule has 0 saturated heterocycles. The number of hydrogen-bond acceptors (Lipinski definition) is 5. The fourth-order valence-corrected chi connectivity index (χ4v) is 2.72. The van der Waals surface area contributed by atoms with E-state index < -0.39 is 4.92 Å². The van der Waals surface area contributed by atoms with E-state index >= 15 is 0 Å². The van der Waals surface area contributed by atoms with Crippen LogP contribution < -0.4 is 0 Å². The van der Waals surface area contributed by atoms with Crippen LogP contribution in [0.5, 0.6) is 0 Å². The van der Waals surface area contributed by atoms with Gasteiger partial charge in [-0.15, -0.1) is 0 Å². The molecule has 0 atom stereocenters. The van der Waals surface area contributed by atoms with Gasteiger partial charge in [0.05, 0.1) is 0 Å². The Kier molecular flexibility index (Phi) is 1.95. The molecule has 16 heavy (non-hydrogen) atoms. The van der Waals surface area contributed by atoms with Crippen molar-refractivity contribution in [2.45, 2.75) is 0 Å². The van der Waals surface area contributed by atoms with Crippen molar-refractivity contribution in [3.63, 3.8) is 0 Å². The first-order valence-electron chi connectivity index (χ1n) is 4.42. The van der Waals surface area contributed by atoms with E-state index in [9.17, 15) is 10.1 Å². The molecule has 2 heterocycles. The third kappa shape index (κ3) is 1.22. The van der Waals surface area contributed by atoms with Crippen molar-refractivity contribution in [3.05, 3.63) is 34.5 Å². The van der Waals surface area contributed by atoms with Crippen LogP contribution in [0, 0.1) is 10.1 Å². The summed E-state index contributed by atoms with van der Waals surface area (Å²) in [5, 5.41) is 11.4. The van der Waals surface area contributed by atoms with Gasteiger partial charge in [-0.1, -0.05) is 0 Å². The second kappa shape index (κ2) is 3.33. The topological polar surface area (TPSA) is 81.8 Å². The van der Waals surface area contributed by atoms with Gasteiger partial charge in [0.25, 0.3) is 0 Å². The van der Waals surface area contributed by atoms with Crippen molar-refractivity contribution in [2.75, 3.05) is 0 Å². The van der Waals surface area contributed by atoms with Gasteiger partial charge in [-0.3, -0.25) is 0 Å². The van der Waals surface area contributed by atoms with Gasteiger partial charge in [0.1, 0.15) is 0 Å². The van der Waals surface area contributed by atoms with Crippen LogP contribution in [0.25, 0.3) is 21.9 Å². The summed E-state index contributed by atoms with van der Waals surface area (Å²) in [7, 11) is 0. The van der Waals surface area contributed by atoms with Gasteiger partial charge in [0.2, 0.25) is 0 Å². The Morgan fingerprint density at radius 1 is 1.31 bits per heavy atom. The maximum atomic E-state index is 10.9. The maximum absolute atomic E-state index is 10.9. The number of rotatable bonds is 1. The quantitative estimate of drug-likeness (QED) is 0.379. The zero-order chi connectivity index (χ0) is 11.1. The third-order valence-electron chi connectivity index (χ3n) is 2.29. The predicted molar refractivity (Wildman–Crippen MR) is 58.4 cm³/mol. The van der Waals surface area contributed by atoms with E-state index in [0.717, 1.165) is 0 Å². The van der Waals surface area contributed by atoms with Gasteiger partial charge in [0.15, 0.2) is 0 Å². The fraction of sp³-hybridized carbons (Fsp3) is 0. The van der Waals surface area contributed by atoms with E-state index in [-0.39, 0.29) is 20.6 Å². The molecule has 2 aromatic heterocycles. The van der Waals surface area contributed by atoms with E-state index in [0.29, 0.717) is 21.9 Å². The van der Waals surface area contributed by atoms with E-state index in [2.05, 4.69) is 12.9 Å². The predicted octanol–water partition coefficient (Wildman–Crippen LogP) is 1.14. The molecule has 0 N–H and O–H groups in total. The molecule has 0 radical (unpaired) electrons. The molecule has 1 aromatic carbocycles. The molecular formula is C9H4N4O2Se. The Morgan fingerprint density at radius 3 is 3.00 bits per heavy atom. The molecule has 0 spiro atoms. The number of aromatic nitrogens is 3. The zero-order valence-corrected chi connectivity index (χ0v) is 9.54. The molecule has 0 aliphatic heterocycles. The summed E-state index contributed by atoms with van der Waals surface area (Å²) < 4.78 is 8.38. The Bertz CT molecular complexity index is 709. The van der Waals surface area contributed by atoms with Crippen LogP contribution in [0.2, 0.25) is 0 Å². The molecule has 0 fully saturated rings. The Hall–Kier alpha value is -1.85. The van der Waals surface area contributed by atoms with Crippen molar-refractivity contribution in [3.8, 4) is 0 Å². The van der Waals surface area contributed by atoms with Crippen LogP contribution in [-0.2, 0) is 0 Å². The minimum atomic E-state index is -0.412. The summed E-state index contributed by atoms with van der Waals surface area (Å²) in [5.74, 6) is 0. The second-order valence-electron chi connectivity index (χ2n) is 3.18.